The minimum Gasteiger partial charge on any atom is -0.342 e. The number of imidazole rings is 1. The van der Waals surface area contributed by atoms with Crippen molar-refractivity contribution >= 4 is 5.91 Å². The Hall–Kier alpha value is -2.95. The van der Waals surface area contributed by atoms with Gasteiger partial charge in [0.2, 0.25) is 5.91 Å². The lowest BCUT2D eigenvalue weighted by Crippen LogP contribution is -2.39. The molecule has 0 radical (unpaired) electrons. The average Bonchev–Trinajstić information content (AvgIpc) is 3.22. The number of pyridine rings is 1. The van der Waals surface area contributed by atoms with Crippen LogP contribution in [0.25, 0.3) is 0 Å². The van der Waals surface area contributed by atoms with Crippen molar-refractivity contribution in [2.24, 2.45) is 0 Å². The maximum Gasteiger partial charge on any atom is 0.222 e. The Morgan fingerprint density at radius 3 is 2.71 bits per heavy atom. The number of hydrogen-bond donors (Lipinski definition) is 0. The first-order valence-electron chi connectivity index (χ1n) is 10.0. The van der Waals surface area contributed by atoms with Crippen molar-refractivity contribution in [2.45, 2.75) is 38.1 Å². The second kappa shape index (κ2) is 8.83. The highest BCUT2D eigenvalue weighted by atomic mass is 16.2. The Labute approximate surface area is 166 Å². The van der Waals surface area contributed by atoms with Gasteiger partial charge in [0.15, 0.2) is 0 Å². The highest BCUT2D eigenvalue weighted by molar-refractivity contribution is 5.76. The number of piperidine rings is 1. The third-order valence-corrected chi connectivity index (χ3v) is 5.42. The minimum absolute atomic E-state index is 0.247. The van der Waals surface area contributed by atoms with E-state index in [1.165, 1.54) is 5.56 Å². The first kappa shape index (κ1) is 18.4. The first-order valence-corrected chi connectivity index (χ1v) is 10.0. The molecule has 1 fully saturated rings. The van der Waals surface area contributed by atoms with Crippen molar-refractivity contribution in [3.63, 3.8) is 0 Å². The van der Waals surface area contributed by atoms with Crippen LogP contribution in [-0.2, 0) is 17.8 Å². The van der Waals surface area contributed by atoms with Crippen LogP contribution in [0.15, 0.2) is 67.1 Å². The number of amides is 1. The topological polar surface area (TPSA) is 51.0 Å². The van der Waals surface area contributed by atoms with Gasteiger partial charge in [-0.25, -0.2) is 4.98 Å². The fourth-order valence-electron chi connectivity index (χ4n) is 3.95. The molecule has 144 valence electrons. The molecule has 5 nitrogen and oxygen atoms in total. The van der Waals surface area contributed by atoms with Crippen LogP contribution in [0.2, 0.25) is 0 Å². The van der Waals surface area contributed by atoms with E-state index in [0.717, 1.165) is 43.9 Å². The maximum atomic E-state index is 12.8. The third kappa shape index (κ3) is 4.47. The summed E-state index contributed by atoms with van der Waals surface area (Å²) in [4.78, 5) is 23.8. The normalized spacial score (nSPS) is 16.9. The lowest BCUT2D eigenvalue weighted by Gasteiger charge is -2.33. The van der Waals surface area contributed by atoms with Crippen LogP contribution in [0, 0.1) is 0 Å². The van der Waals surface area contributed by atoms with E-state index in [-0.39, 0.29) is 11.8 Å². The number of aromatic nitrogens is 3. The molecule has 3 aromatic rings. The summed E-state index contributed by atoms with van der Waals surface area (Å²) in [5.74, 6) is 1.59. The fourth-order valence-corrected chi connectivity index (χ4v) is 3.95. The maximum absolute atomic E-state index is 12.8. The van der Waals surface area contributed by atoms with Gasteiger partial charge in [0, 0.05) is 44.0 Å². The number of aryl methyl sites for hydroxylation is 1. The number of likely N-dealkylation sites (tertiary alicyclic amines) is 1. The van der Waals surface area contributed by atoms with Crippen LogP contribution in [0.5, 0.6) is 0 Å². The SMILES string of the molecule is O=C(CCc1ccccc1)N1CCC[C@H](c2nccn2Cc2ccccn2)C1. The van der Waals surface area contributed by atoms with Gasteiger partial charge in [-0.15, -0.1) is 0 Å². The van der Waals surface area contributed by atoms with Crippen molar-refractivity contribution in [2.75, 3.05) is 13.1 Å². The van der Waals surface area contributed by atoms with Gasteiger partial charge in [-0.1, -0.05) is 36.4 Å². The summed E-state index contributed by atoms with van der Waals surface area (Å²) in [5, 5.41) is 0. The zero-order valence-electron chi connectivity index (χ0n) is 16.1. The van der Waals surface area contributed by atoms with E-state index in [9.17, 15) is 4.79 Å². The van der Waals surface area contributed by atoms with E-state index in [4.69, 9.17) is 0 Å². The molecule has 3 heterocycles. The van der Waals surface area contributed by atoms with Crippen LogP contribution >= 0.6 is 0 Å². The van der Waals surface area contributed by atoms with Gasteiger partial charge >= 0.3 is 0 Å². The molecule has 5 heteroatoms. The van der Waals surface area contributed by atoms with Gasteiger partial charge in [-0.3, -0.25) is 9.78 Å². The summed E-state index contributed by atoms with van der Waals surface area (Å²) in [7, 11) is 0. The van der Waals surface area contributed by atoms with E-state index in [0.29, 0.717) is 13.0 Å². The van der Waals surface area contributed by atoms with Gasteiger partial charge in [0.1, 0.15) is 5.82 Å². The Morgan fingerprint density at radius 1 is 1.04 bits per heavy atom. The highest BCUT2D eigenvalue weighted by Crippen LogP contribution is 2.26. The molecular formula is C23H26N4O. The monoisotopic (exact) mass is 374 g/mol. The van der Waals surface area contributed by atoms with Gasteiger partial charge < -0.3 is 9.47 Å². The van der Waals surface area contributed by atoms with Crippen molar-refractivity contribution in [1.82, 2.24) is 19.4 Å². The average molecular weight is 374 g/mol. The van der Waals surface area contributed by atoms with E-state index in [2.05, 4.69) is 26.7 Å². The number of hydrogen-bond acceptors (Lipinski definition) is 3. The molecule has 0 saturated carbocycles. The molecule has 2 aromatic heterocycles. The van der Waals surface area contributed by atoms with Crippen LogP contribution in [-0.4, -0.2) is 38.4 Å². The van der Waals surface area contributed by atoms with E-state index in [1.807, 2.05) is 59.9 Å². The van der Waals surface area contributed by atoms with Crippen molar-refractivity contribution in [3.8, 4) is 0 Å². The molecule has 0 N–H and O–H groups in total. The second-order valence-corrected chi connectivity index (χ2v) is 7.40. The molecule has 1 aliphatic rings. The van der Waals surface area contributed by atoms with Crippen molar-refractivity contribution in [1.29, 1.82) is 0 Å². The Morgan fingerprint density at radius 2 is 1.89 bits per heavy atom. The summed E-state index contributed by atoms with van der Waals surface area (Å²) >= 11 is 0. The van der Waals surface area contributed by atoms with Gasteiger partial charge in [0.05, 0.1) is 12.2 Å². The van der Waals surface area contributed by atoms with E-state index >= 15 is 0 Å². The molecular weight excluding hydrogens is 348 g/mol. The molecule has 1 aromatic carbocycles. The molecule has 0 aliphatic carbocycles. The molecule has 1 amide bonds. The van der Waals surface area contributed by atoms with Crippen molar-refractivity contribution in [3.05, 3.63) is 84.2 Å². The molecule has 28 heavy (non-hydrogen) atoms. The predicted octanol–water partition coefficient (Wildman–Crippen LogP) is 3.67. The molecule has 1 atom stereocenters. The number of carbonyl (C=O) groups is 1. The Kier molecular flexibility index (Phi) is 5.80. The standard InChI is InChI=1S/C23H26N4O/c28-22(12-11-19-7-2-1-3-8-19)26-15-6-9-20(17-26)23-25-14-16-27(23)18-21-10-4-5-13-24-21/h1-5,7-8,10,13-14,16,20H,6,9,11-12,15,17-18H2/t20-/m0/s1. The van der Waals surface area contributed by atoms with Gasteiger partial charge in [-0.2, -0.15) is 0 Å². The van der Waals surface area contributed by atoms with Gasteiger partial charge in [-0.05, 0) is 37.0 Å². The molecule has 0 bridgehead atoms. The minimum atomic E-state index is 0.247. The third-order valence-electron chi connectivity index (χ3n) is 5.42. The highest BCUT2D eigenvalue weighted by Gasteiger charge is 2.27. The van der Waals surface area contributed by atoms with Crippen LogP contribution < -0.4 is 0 Å². The molecule has 1 saturated heterocycles. The first-order chi connectivity index (χ1) is 13.8. The lowest BCUT2D eigenvalue weighted by atomic mass is 9.96. The van der Waals surface area contributed by atoms with E-state index in [1.54, 1.807) is 0 Å². The molecule has 4 rings (SSSR count). The number of rotatable bonds is 6. The fraction of sp³-hybridized carbons (Fsp3) is 0.348. The summed E-state index contributed by atoms with van der Waals surface area (Å²) in [6.07, 6.45) is 9.16. The Bertz CT molecular complexity index is 891. The largest absolute Gasteiger partial charge is 0.342 e. The second-order valence-electron chi connectivity index (χ2n) is 7.40. The molecule has 0 unspecified atom stereocenters. The Balaban J connectivity index is 1.39. The van der Waals surface area contributed by atoms with Crippen LogP contribution in [0.1, 0.15) is 42.3 Å². The zero-order chi connectivity index (χ0) is 19.2. The van der Waals surface area contributed by atoms with Crippen molar-refractivity contribution < 1.29 is 4.79 Å². The lowest BCUT2D eigenvalue weighted by molar-refractivity contribution is -0.132. The zero-order valence-corrected chi connectivity index (χ0v) is 16.1. The summed E-state index contributed by atoms with van der Waals surface area (Å²) in [6, 6.07) is 16.2. The quantitative estimate of drug-likeness (QED) is 0.662. The summed E-state index contributed by atoms with van der Waals surface area (Å²) in [5.41, 5.74) is 2.24. The molecule has 1 aliphatic heterocycles. The summed E-state index contributed by atoms with van der Waals surface area (Å²) in [6.45, 7) is 2.33. The summed E-state index contributed by atoms with van der Waals surface area (Å²) < 4.78 is 2.17. The van der Waals surface area contributed by atoms with Gasteiger partial charge in [0.25, 0.3) is 0 Å². The van der Waals surface area contributed by atoms with Crippen LogP contribution in [0.3, 0.4) is 0 Å². The number of benzene rings is 1. The number of nitrogens with zero attached hydrogens (tertiary/aromatic N) is 4. The van der Waals surface area contributed by atoms with E-state index < -0.39 is 0 Å². The van der Waals surface area contributed by atoms with Crippen LogP contribution in [0.4, 0.5) is 0 Å². The number of carbonyl (C=O) groups excluding carboxylic acids is 1. The molecule has 0 spiro atoms. The predicted molar refractivity (Wildman–Crippen MR) is 109 cm³/mol. The smallest absolute Gasteiger partial charge is 0.222 e.